The van der Waals surface area contributed by atoms with Crippen molar-refractivity contribution in [2.24, 2.45) is 11.7 Å². The Hall–Kier alpha value is -2.57. The zero-order valence-electron chi connectivity index (χ0n) is 13.7. The summed E-state index contributed by atoms with van der Waals surface area (Å²) in [6, 6.07) is 6.42. The van der Waals surface area contributed by atoms with Crippen LogP contribution in [0.4, 0.5) is 13.2 Å². The maximum absolute atomic E-state index is 13.0. The van der Waals surface area contributed by atoms with Crippen molar-refractivity contribution in [3.8, 4) is 17.0 Å². The molecule has 0 radical (unpaired) electrons. The largest absolute Gasteiger partial charge is 0.481 e. The van der Waals surface area contributed by atoms with Crippen molar-refractivity contribution in [2.75, 3.05) is 7.11 Å². The van der Waals surface area contributed by atoms with E-state index in [9.17, 15) is 18.0 Å². The van der Waals surface area contributed by atoms with Crippen LogP contribution < -0.4 is 10.5 Å². The fourth-order valence-electron chi connectivity index (χ4n) is 3.24. The Balaban J connectivity index is 2.12. The van der Waals surface area contributed by atoms with Crippen LogP contribution in [0.2, 0.25) is 0 Å². The van der Waals surface area contributed by atoms with E-state index in [0.717, 1.165) is 0 Å². The van der Waals surface area contributed by atoms with E-state index in [0.29, 0.717) is 33.7 Å². The van der Waals surface area contributed by atoms with Gasteiger partial charge in [-0.25, -0.2) is 4.98 Å². The highest BCUT2D eigenvalue weighted by Gasteiger charge is 2.56. The number of carbonyl (C=O) groups excluding carboxylic acids is 1. The molecular weight excluding hydrogens is 333 g/mol. The van der Waals surface area contributed by atoms with Gasteiger partial charge in [0.05, 0.1) is 13.0 Å². The third-order valence-corrected chi connectivity index (χ3v) is 4.61. The minimum atomic E-state index is -4.23. The first kappa shape index (κ1) is 17.3. The fraction of sp³-hybridized carbons (Fsp3) is 0.333. The molecule has 0 aliphatic heterocycles. The summed E-state index contributed by atoms with van der Waals surface area (Å²) < 4.78 is 44.1. The minimum absolute atomic E-state index is 0.0510. The molecular formula is C18H17F3N2O2. The molecule has 2 atom stereocenters. The Morgan fingerprint density at radius 2 is 2.00 bits per heavy atom. The third-order valence-electron chi connectivity index (χ3n) is 4.61. The number of hydrogen-bond acceptors (Lipinski definition) is 3. The topological polar surface area (TPSA) is 65.2 Å². The second-order valence-corrected chi connectivity index (χ2v) is 6.15. The number of benzene rings is 1. The van der Waals surface area contributed by atoms with E-state index in [1.54, 1.807) is 25.1 Å². The molecule has 132 valence electrons. The number of amides is 1. The van der Waals surface area contributed by atoms with Crippen LogP contribution in [-0.4, -0.2) is 24.2 Å². The average Bonchev–Trinajstić information content (AvgIpc) is 3.35. The highest BCUT2D eigenvalue weighted by Crippen LogP contribution is 2.58. The van der Waals surface area contributed by atoms with Crippen LogP contribution in [-0.2, 0) is 0 Å². The molecule has 2 N–H and O–H groups in total. The van der Waals surface area contributed by atoms with E-state index in [4.69, 9.17) is 10.5 Å². The molecule has 1 heterocycles. The molecule has 1 amide bonds. The predicted octanol–water partition coefficient (Wildman–Crippen LogP) is 3.83. The van der Waals surface area contributed by atoms with Gasteiger partial charge in [-0.15, -0.1) is 0 Å². The van der Waals surface area contributed by atoms with E-state index >= 15 is 0 Å². The summed E-state index contributed by atoms with van der Waals surface area (Å²) in [4.78, 5) is 15.7. The first-order valence-electron chi connectivity index (χ1n) is 7.74. The number of methoxy groups -OCH3 is 1. The van der Waals surface area contributed by atoms with Crippen molar-refractivity contribution < 1.29 is 22.7 Å². The predicted molar refractivity (Wildman–Crippen MR) is 86.4 cm³/mol. The summed E-state index contributed by atoms with van der Waals surface area (Å²) in [5, 5.41) is 0. The number of primary amides is 1. The van der Waals surface area contributed by atoms with Crippen molar-refractivity contribution in [3.63, 3.8) is 0 Å². The number of pyridine rings is 1. The molecule has 1 saturated carbocycles. The molecule has 0 bridgehead atoms. The molecule has 1 aliphatic carbocycles. The van der Waals surface area contributed by atoms with Crippen molar-refractivity contribution in [1.29, 1.82) is 0 Å². The Bertz CT molecular complexity index is 816. The normalized spacial score (nSPS) is 19.6. The van der Waals surface area contributed by atoms with E-state index in [1.807, 2.05) is 0 Å². The molecule has 0 spiro atoms. The summed E-state index contributed by atoms with van der Waals surface area (Å²) in [6.07, 6.45) is -2.65. The van der Waals surface area contributed by atoms with E-state index < -0.39 is 23.9 Å². The number of halogens is 3. The summed E-state index contributed by atoms with van der Waals surface area (Å²) >= 11 is 0. The first-order valence-corrected chi connectivity index (χ1v) is 7.74. The molecule has 1 fully saturated rings. The lowest BCUT2D eigenvalue weighted by Gasteiger charge is -2.16. The number of ether oxygens (including phenoxy) is 1. The number of carbonyl (C=O) groups is 1. The monoisotopic (exact) mass is 350 g/mol. The summed E-state index contributed by atoms with van der Waals surface area (Å²) in [5.74, 6) is -2.18. The molecule has 4 nitrogen and oxygen atoms in total. The van der Waals surface area contributed by atoms with Gasteiger partial charge in [0.2, 0.25) is 11.8 Å². The smallest absolute Gasteiger partial charge is 0.392 e. The van der Waals surface area contributed by atoms with Crippen molar-refractivity contribution in [1.82, 2.24) is 4.98 Å². The summed E-state index contributed by atoms with van der Waals surface area (Å²) in [5.41, 5.74) is 8.02. The van der Waals surface area contributed by atoms with Crippen LogP contribution in [0.15, 0.2) is 30.5 Å². The summed E-state index contributed by atoms with van der Waals surface area (Å²) in [7, 11) is 1.48. The highest BCUT2D eigenvalue weighted by atomic mass is 19.4. The van der Waals surface area contributed by atoms with Crippen LogP contribution >= 0.6 is 0 Å². The quantitative estimate of drug-likeness (QED) is 0.911. The van der Waals surface area contributed by atoms with Crippen LogP contribution in [0, 0.1) is 12.8 Å². The maximum Gasteiger partial charge on any atom is 0.392 e. The SMILES string of the molecule is COc1ccc(-c2c(C3CC3C(F)(F)F)ccc(C(N)=O)c2C)cn1. The number of nitrogens with zero attached hydrogens (tertiary/aromatic N) is 1. The lowest BCUT2D eigenvalue weighted by molar-refractivity contribution is -0.148. The van der Waals surface area contributed by atoms with Crippen molar-refractivity contribution in [2.45, 2.75) is 25.4 Å². The van der Waals surface area contributed by atoms with Crippen molar-refractivity contribution in [3.05, 3.63) is 47.2 Å². The van der Waals surface area contributed by atoms with Gasteiger partial charge in [-0.1, -0.05) is 6.07 Å². The maximum atomic E-state index is 13.0. The Labute approximate surface area is 142 Å². The Kier molecular flexibility index (Phi) is 4.18. The van der Waals surface area contributed by atoms with E-state index in [2.05, 4.69) is 4.98 Å². The third kappa shape index (κ3) is 3.18. The van der Waals surface area contributed by atoms with Gasteiger partial charge >= 0.3 is 6.18 Å². The number of nitrogens with two attached hydrogens (primary N) is 1. The zero-order chi connectivity index (χ0) is 18.4. The van der Waals surface area contributed by atoms with Gasteiger partial charge in [0.25, 0.3) is 0 Å². The zero-order valence-corrected chi connectivity index (χ0v) is 13.7. The van der Waals surface area contributed by atoms with Crippen LogP contribution in [0.25, 0.3) is 11.1 Å². The minimum Gasteiger partial charge on any atom is -0.481 e. The number of rotatable bonds is 4. The van der Waals surface area contributed by atoms with E-state index in [-0.39, 0.29) is 6.42 Å². The molecule has 3 rings (SSSR count). The first-order chi connectivity index (χ1) is 11.7. The molecule has 1 aliphatic rings. The number of hydrogen-bond donors (Lipinski definition) is 1. The van der Waals surface area contributed by atoms with Gasteiger partial charge in [-0.3, -0.25) is 4.79 Å². The fourth-order valence-corrected chi connectivity index (χ4v) is 3.24. The Morgan fingerprint density at radius 3 is 2.48 bits per heavy atom. The van der Waals surface area contributed by atoms with Gasteiger partial charge in [0, 0.05) is 23.4 Å². The average molecular weight is 350 g/mol. The molecule has 7 heteroatoms. The number of alkyl halides is 3. The van der Waals surface area contributed by atoms with Crippen LogP contribution in [0.1, 0.15) is 33.8 Å². The van der Waals surface area contributed by atoms with E-state index in [1.165, 1.54) is 19.4 Å². The molecule has 2 aromatic rings. The second-order valence-electron chi connectivity index (χ2n) is 6.15. The standard InChI is InChI=1S/C18H17F3N2O2/c1-9-11(17(22)24)4-5-12(13-7-14(13)18(19,20)21)16(9)10-3-6-15(25-2)23-8-10/h3-6,8,13-14H,7H2,1-2H3,(H2,22,24). The Morgan fingerprint density at radius 1 is 1.28 bits per heavy atom. The summed E-state index contributed by atoms with van der Waals surface area (Å²) in [6.45, 7) is 1.69. The molecule has 1 aromatic carbocycles. The molecule has 25 heavy (non-hydrogen) atoms. The van der Waals surface area contributed by atoms with Crippen LogP contribution in [0.5, 0.6) is 5.88 Å². The second kappa shape index (κ2) is 6.06. The van der Waals surface area contributed by atoms with Crippen LogP contribution in [0.3, 0.4) is 0 Å². The van der Waals surface area contributed by atoms with Gasteiger partial charge in [-0.05, 0) is 48.1 Å². The number of aromatic nitrogens is 1. The molecule has 2 unspecified atom stereocenters. The lowest BCUT2D eigenvalue weighted by Crippen LogP contribution is -2.15. The molecule has 0 saturated heterocycles. The van der Waals surface area contributed by atoms with Gasteiger partial charge < -0.3 is 10.5 Å². The van der Waals surface area contributed by atoms with Gasteiger partial charge in [0.1, 0.15) is 0 Å². The van der Waals surface area contributed by atoms with Crippen molar-refractivity contribution >= 4 is 5.91 Å². The highest BCUT2D eigenvalue weighted by molar-refractivity contribution is 5.97. The van der Waals surface area contributed by atoms with Gasteiger partial charge in [-0.2, -0.15) is 13.2 Å². The lowest BCUT2D eigenvalue weighted by atomic mass is 9.89. The van der Waals surface area contributed by atoms with Gasteiger partial charge in [0.15, 0.2) is 0 Å². The molecule has 1 aromatic heterocycles.